The Morgan fingerprint density at radius 3 is 2.03 bits per heavy atom. The highest BCUT2D eigenvalue weighted by Crippen LogP contribution is 2.31. The molecule has 0 fully saturated rings. The van der Waals surface area contributed by atoms with Gasteiger partial charge in [0.05, 0.1) is 0 Å². The fourth-order valence-corrected chi connectivity index (χ4v) is 4.39. The van der Waals surface area contributed by atoms with Gasteiger partial charge in [-0.3, -0.25) is 9.59 Å². The normalized spacial score (nSPS) is 12.8. The first-order valence-electron chi connectivity index (χ1n) is 9.81. The molecule has 6 rings (SSSR count). The molecule has 4 aromatic carbocycles. The maximum absolute atomic E-state index is 13.6. The summed E-state index contributed by atoms with van der Waals surface area (Å²) in [5, 5.41) is 0. The lowest BCUT2D eigenvalue weighted by Crippen LogP contribution is -2.38. The Morgan fingerprint density at radius 1 is 0.567 bits per heavy atom. The number of fused-ring (bicyclic) bond motifs is 5. The summed E-state index contributed by atoms with van der Waals surface area (Å²) in [7, 11) is 0. The maximum Gasteiger partial charge on any atom is 0.295 e. The number of hydrogen-bond acceptors (Lipinski definition) is 2. The molecule has 30 heavy (non-hydrogen) atoms. The van der Waals surface area contributed by atoms with E-state index in [-0.39, 0.29) is 11.6 Å². The fourth-order valence-electron chi connectivity index (χ4n) is 4.39. The van der Waals surface area contributed by atoms with Gasteiger partial charge >= 0.3 is 0 Å². The second-order valence-corrected chi connectivity index (χ2v) is 7.40. The number of hydrogen-bond donors (Lipinski definition) is 0. The van der Waals surface area contributed by atoms with E-state index in [0.29, 0.717) is 27.8 Å². The van der Waals surface area contributed by atoms with Crippen molar-refractivity contribution in [2.45, 2.75) is 0 Å². The van der Waals surface area contributed by atoms with Gasteiger partial charge in [0.25, 0.3) is 22.1 Å². The summed E-state index contributed by atoms with van der Waals surface area (Å²) in [4.78, 5) is 30.3. The Labute approximate surface area is 172 Å². The minimum Gasteiger partial charge on any atom is -0.289 e. The third-order valence-corrected chi connectivity index (χ3v) is 5.72. The number of nitrogens with zero attached hydrogens (tertiary/aromatic N) is 1. The van der Waals surface area contributed by atoms with E-state index in [0.717, 1.165) is 22.2 Å². The van der Waals surface area contributed by atoms with E-state index >= 15 is 0 Å². The van der Waals surface area contributed by atoms with Gasteiger partial charge in [-0.05, 0) is 6.07 Å². The summed E-state index contributed by atoms with van der Waals surface area (Å²) in [5.74, 6) is -0.242. The maximum atomic E-state index is 13.6. The summed E-state index contributed by atoms with van der Waals surface area (Å²) in [5.41, 5.74) is 6.14. The number of carbonyl (C=O) groups is 2. The van der Waals surface area contributed by atoms with Gasteiger partial charge in [0, 0.05) is 47.0 Å². The second-order valence-electron chi connectivity index (χ2n) is 7.40. The van der Waals surface area contributed by atoms with Crippen molar-refractivity contribution in [3.63, 3.8) is 0 Å². The zero-order valence-electron chi connectivity index (χ0n) is 15.9. The Balaban J connectivity index is 1.83. The Morgan fingerprint density at radius 2 is 1.23 bits per heavy atom. The molecule has 5 aromatic rings. The van der Waals surface area contributed by atoms with Gasteiger partial charge in [0.2, 0.25) is 11.5 Å². The number of ketones is 2. The van der Waals surface area contributed by atoms with E-state index in [2.05, 4.69) is 9.55 Å². The number of benzene rings is 4. The molecular weight excluding hydrogens is 372 g/mol. The predicted molar refractivity (Wildman–Crippen MR) is 113 cm³/mol. The fraction of sp³-hybridized carbons (Fsp3) is 0. The summed E-state index contributed by atoms with van der Waals surface area (Å²) in [6.45, 7) is 0. The van der Waals surface area contributed by atoms with Crippen LogP contribution >= 0.6 is 0 Å². The van der Waals surface area contributed by atoms with E-state index in [1.807, 2.05) is 60.7 Å². The van der Waals surface area contributed by atoms with Crippen LogP contribution in [0.25, 0.3) is 27.8 Å². The average molecular weight is 388 g/mol. The number of rotatable bonds is 1. The van der Waals surface area contributed by atoms with Gasteiger partial charge in [-0.2, -0.15) is 4.98 Å². The number of aromatic amines is 1. The third kappa shape index (κ3) is 2.22. The Hall–Kier alpha value is -4.18. The van der Waals surface area contributed by atoms with Crippen molar-refractivity contribution < 1.29 is 19.1 Å². The average Bonchev–Trinajstić information content (AvgIpc) is 2.81. The highest BCUT2D eigenvalue weighted by atomic mass is 16.1. The van der Waals surface area contributed by atoms with E-state index in [9.17, 15) is 9.59 Å². The lowest BCUT2D eigenvalue weighted by atomic mass is 9.83. The monoisotopic (exact) mass is 388 g/mol. The zero-order valence-corrected chi connectivity index (χ0v) is 15.9. The molecule has 1 heterocycles. The van der Waals surface area contributed by atoms with Crippen LogP contribution in [0.15, 0.2) is 91.0 Å². The summed E-state index contributed by atoms with van der Waals surface area (Å²) >= 11 is 0. The first-order valence-corrected chi connectivity index (χ1v) is 9.81. The largest absolute Gasteiger partial charge is 0.295 e. The zero-order chi connectivity index (χ0) is 20.2. The minimum absolute atomic E-state index is 0.116. The Bertz CT molecular complexity index is 1520. The molecule has 0 aliphatic heterocycles. The van der Waals surface area contributed by atoms with E-state index in [1.54, 1.807) is 30.3 Å². The number of carbonyl (C=O) groups excluding carboxylic acids is 2. The van der Waals surface area contributed by atoms with Crippen molar-refractivity contribution in [2.24, 2.45) is 0 Å². The summed E-state index contributed by atoms with van der Waals surface area (Å²) in [6.07, 6.45) is 0. The molecule has 1 N–H and O–H groups in total. The number of aromatic nitrogens is 2. The van der Waals surface area contributed by atoms with Crippen LogP contribution < -0.4 is 9.55 Å². The molecule has 0 atom stereocenters. The van der Waals surface area contributed by atoms with Crippen molar-refractivity contribution >= 4 is 33.6 Å². The third-order valence-electron chi connectivity index (χ3n) is 5.72. The molecule has 0 saturated heterocycles. The second kappa shape index (κ2) is 6.16. The van der Waals surface area contributed by atoms with Gasteiger partial charge in [0.1, 0.15) is 5.56 Å². The summed E-state index contributed by atoms with van der Waals surface area (Å²) in [6, 6.07) is 28.6. The highest BCUT2D eigenvalue weighted by molar-refractivity contribution is 6.31. The van der Waals surface area contributed by atoms with Crippen molar-refractivity contribution in [2.75, 3.05) is 0 Å². The molecule has 1 aliphatic carbocycles. The van der Waals surface area contributed by atoms with Crippen LogP contribution in [-0.2, 0) is 0 Å². The van der Waals surface area contributed by atoms with Gasteiger partial charge in [-0.15, -0.1) is 4.57 Å². The molecule has 0 spiro atoms. The molecular formula is C26H16N2O2+2. The molecule has 4 nitrogen and oxygen atoms in total. The van der Waals surface area contributed by atoms with Crippen molar-refractivity contribution in [3.8, 4) is 5.69 Å². The standard InChI is InChI=1S/C26H15N2O2/c29-25-17-10-4-5-11-18(17)26(30)23-19(25)14-15-21-24(23)28(16-8-2-1-3-9-16)22-13-7-6-12-20(22)27-21/h1-15H/q+1/p+1. The molecule has 1 aliphatic rings. The van der Waals surface area contributed by atoms with Crippen LogP contribution in [-0.4, -0.2) is 11.6 Å². The molecule has 0 amide bonds. The first-order chi connectivity index (χ1) is 14.7. The lowest BCUT2D eigenvalue weighted by molar-refractivity contribution is -0.546. The van der Waals surface area contributed by atoms with Crippen molar-refractivity contribution in [1.82, 2.24) is 0 Å². The molecule has 4 heteroatoms. The quantitative estimate of drug-likeness (QED) is 0.317. The molecule has 0 saturated carbocycles. The highest BCUT2D eigenvalue weighted by Gasteiger charge is 2.37. The predicted octanol–water partition coefficient (Wildman–Crippen LogP) is 3.86. The van der Waals surface area contributed by atoms with Crippen LogP contribution in [0.4, 0.5) is 0 Å². The number of H-pyrrole nitrogens is 1. The summed E-state index contributed by atoms with van der Waals surface area (Å²) < 4.78 is 2.07. The van der Waals surface area contributed by atoms with Crippen LogP contribution in [0.1, 0.15) is 31.8 Å². The van der Waals surface area contributed by atoms with Crippen LogP contribution in [0.3, 0.4) is 0 Å². The number of para-hydroxylation sites is 3. The van der Waals surface area contributed by atoms with Crippen molar-refractivity contribution in [3.05, 3.63) is 113 Å². The van der Waals surface area contributed by atoms with Gasteiger partial charge in [-0.25, -0.2) is 0 Å². The SMILES string of the molecule is O=C1c2ccccc2C(=O)c2c1ccc1[nH+]c3ccccc3[n+](-c3ccccc3)c21. The van der Waals surface area contributed by atoms with E-state index in [1.165, 1.54) is 0 Å². The van der Waals surface area contributed by atoms with Crippen LogP contribution in [0.5, 0.6) is 0 Å². The molecule has 0 unspecified atom stereocenters. The van der Waals surface area contributed by atoms with E-state index < -0.39 is 0 Å². The minimum atomic E-state index is -0.126. The number of nitrogens with one attached hydrogen (secondary N) is 1. The Kier molecular flexibility index (Phi) is 3.44. The van der Waals surface area contributed by atoms with Crippen LogP contribution in [0, 0.1) is 0 Å². The van der Waals surface area contributed by atoms with Gasteiger partial charge in [0.15, 0.2) is 5.78 Å². The molecule has 0 bridgehead atoms. The van der Waals surface area contributed by atoms with Crippen molar-refractivity contribution in [1.29, 1.82) is 0 Å². The molecule has 0 radical (unpaired) electrons. The lowest BCUT2D eigenvalue weighted by Gasteiger charge is -2.16. The topological polar surface area (TPSA) is 52.2 Å². The first kappa shape index (κ1) is 16.7. The smallest absolute Gasteiger partial charge is 0.289 e. The molecule has 140 valence electrons. The van der Waals surface area contributed by atoms with E-state index in [4.69, 9.17) is 0 Å². The van der Waals surface area contributed by atoms with Gasteiger partial charge < -0.3 is 0 Å². The van der Waals surface area contributed by atoms with Crippen LogP contribution in [0.2, 0.25) is 0 Å². The van der Waals surface area contributed by atoms with Gasteiger partial charge in [-0.1, -0.05) is 54.6 Å². The molecule has 1 aromatic heterocycles.